The molecule has 1 atom stereocenters. The number of halogens is 1. The van der Waals surface area contributed by atoms with Gasteiger partial charge in [-0.05, 0) is 23.5 Å². The highest BCUT2D eigenvalue weighted by Crippen LogP contribution is 2.18. The van der Waals surface area contributed by atoms with Gasteiger partial charge in [0.15, 0.2) is 0 Å². The monoisotopic (exact) mass is 222 g/mol. The first kappa shape index (κ1) is 11.5. The number of nitrogens with zero attached hydrogens (tertiary/aromatic N) is 2. The number of rotatable bonds is 3. The van der Waals surface area contributed by atoms with Crippen LogP contribution < -0.4 is 0 Å². The summed E-state index contributed by atoms with van der Waals surface area (Å²) in [5, 5.41) is 0. The molecule has 0 amide bonds. The van der Waals surface area contributed by atoms with Gasteiger partial charge in [0.1, 0.15) is 6.17 Å². The number of aromatic nitrogens is 1. The Morgan fingerprint density at radius 3 is 2.94 bits per heavy atom. The molecule has 16 heavy (non-hydrogen) atoms. The van der Waals surface area contributed by atoms with Crippen molar-refractivity contribution in [3.05, 3.63) is 29.6 Å². The van der Waals surface area contributed by atoms with Crippen LogP contribution in [-0.2, 0) is 6.54 Å². The Kier molecular flexibility index (Phi) is 3.54. The summed E-state index contributed by atoms with van der Waals surface area (Å²) in [6, 6.07) is 2.18. The van der Waals surface area contributed by atoms with Gasteiger partial charge in [-0.2, -0.15) is 0 Å². The minimum absolute atomic E-state index is 0.500. The van der Waals surface area contributed by atoms with E-state index in [2.05, 4.69) is 29.8 Å². The van der Waals surface area contributed by atoms with E-state index in [1.165, 1.54) is 11.1 Å². The average molecular weight is 222 g/mol. The Bertz CT molecular complexity index is 352. The van der Waals surface area contributed by atoms with Gasteiger partial charge in [0.2, 0.25) is 0 Å². The Hall–Kier alpha value is -0.960. The maximum absolute atomic E-state index is 13.0. The van der Waals surface area contributed by atoms with E-state index in [9.17, 15) is 4.39 Å². The zero-order chi connectivity index (χ0) is 11.5. The van der Waals surface area contributed by atoms with Crippen LogP contribution in [0, 0.1) is 0 Å². The normalized spacial score (nSPS) is 21.9. The van der Waals surface area contributed by atoms with Gasteiger partial charge in [-0.1, -0.05) is 19.9 Å². The fourth-order valence-electron chi connectivity index (χ4n) is 2.10. The lowest BCUT2D eigenvalue weighted by Crippen LogP contribution is -2.20. The molecule has 0 aromatic carbocycles. The summed E-state index contributed by atoms with van der Waals surface area (Å²) >= 11 is 0. The molecule has 1 fully saturated rings. The summed E-state index contributed by atoms with van der Waals surface area (Å²) in [6.45, 7) is 6.59. The van der Waals surface area contributed by atoms with Crippen molar-refractivity contribution in [2.75, 3.05) is 13.1 Å². The lowest BCUT2D eigenvalue weighted by atomic mass is 10.0. The van der Waals surface area contributed by atoms with E-state index in [1.54, 1.807) is 0 Å². The molecule has 0 saturated carbocycles. The first-order valence-corrected chi connectivity index (χ1v) is 5.95. The van der Waals surface area contributed by atoms with E-state index in [0.717, 1.165) is 13.1 Å². The number of hydrogen-bond donors (Lipinski definition) is 0. The Morgan fingerprint density at radius 1 is 1.50 bits per heavy atom. The molecule has 1 aromatic heterocycles. The predicted molar refractivity (Wildman–Crippen MR) is 63.1 cm³/mol. The predicted octanol–water partition coefficient (Wildman–Crippen LogP) is 2.75. The van der Waals surface area contributed by atoms with Crippen molar-refractivity contribution >= 4 is 0 Å². The lowest BCUT2D eigenvalue weighted by Gasteiger charge is -2.15. The fraction of sp³-hybridized carbons (Fsp3) is 0.615. The zero-order valence-corrected chi connectivity index (χ0v) is 9.99. The maximum Gasteiger partial charge on any atom is 0.114 e. The van der Waals surface area contributed by atoms with E-state index >= 15 is 0 Å². The molecule has 0 spiro atoms. The van der Waals surface area contributed by atoms with Crippen molar-refractivity contribution in [3.63, 3.8) is 0 Å². The Labute approximate surface area is 96.5 Å². The summed E-state index contributed by atoms with van der Waals surface area (Å²) in [6.07, 6.45) is 3.84. The van der Waals surface area contributed by atoms with Gasteiger partial charge >= 0.3 is 0 Å². The SMILES string of the molecule is CC(C)c1cncc(CN2CC[C@@H](F)C2)c1. The van der Waals surface area contributed by atoms with Crippen molar-refractivity contribution in [2.24, 2.45) is 0 Å². The molecule has 3 heteroatoms. The van der Waals surface area contributed by atoms with E-state index in [1.807, 2.05) is 12.4 Å². The van der Waals surface area contributed by atoms with Crippen LogP contribution in [0.3, 0.4) is 0 Å². The zero-order valence-electron chi connectivity index (χ0n) is 9.99. The van der Waals surface area contributed by atoms with Crippen LogP contribution in [0.1, 0.15) is 37.3 Å². The van der Waals surface area contributed by atoms with E-state index in [-0.39, 0.29) is 0 Å². The van der Waals surface area contributed by atoms with E-state index in [0.29, 0.717) is 18.9 Å². The molecule has 2 rings (SSSR count). The second kappa shape index (κ2) is 4.91. The van der Waals surface area contributed by atoms with E-state index < -0.39 is 6.17 Å². The third kappa shape index (κ3) is 2.79. The number of likely N-dealkylation sites (tertiary alicyclic amines) is 1. The molecule has 0 radical (unpaired) electrons. The number of hydrogen-bond acceptors (Lipinski definition) is 2. The molecule has 2 heterocycles. The molecule has 0 unspecified atom stereocenters. The average Bonchev–Trinajstić information content (AvgIpc) is 2.64. The second-order valence-corrected chi connectivity index (χ2v) is 4.90. The van der Waals surface area contributed by atoms with Crippen LogP contribution in [0.15, 0.2) is 18.5 Å². The first-order chi connectivity index (χ1) is 7.65. The highest BCUT2D eigenvalue weighted by molar-refractivity contribution is 5.20. The number of pyridine rings is 1. The van der Waals surface area contributed by atoms with Crippen molar-refractivity contribution in [3.8, 4) is 0 Å². The van der Waals surface area contributed by atoms with Gasteiger partial charge in [0, 0.05) is 32.0 Å². The molecule has 2 nitrogen and oxygen atoms in total. The Balaban J connectivity index is 2.01. The first-order valence-electron chi connectivity index (χ1n) is 5.95. The van der Waals surface area contributed by atoms with Crippen molar-refractivity contribution < 1.29 is 4.39 Å². The molecule has 0 N–H and O–H groups in total. The van der Waals surface area contributed by atoms with E-state index in [4.69, 9.17) is 0 Å². The summed E-state index contributed by atoms with van der Waals surface area (Å²) in [5.41, 5.74) is 2.45. The van der Waals surface area contributed by atoms with Crippen molar-refractivity contribution in [2.45, 2.75) is 38.9 Å². The third-order valence-corrected chi connectivity index (χ3v) is 3.10. The summed E-state index contributed by atoms with van der Waals surface area (Å²) in [5.74, 6) is 0.500. The van der Waals surface area contributed by atoms with Crippen molar-refractivity contribution in [1.29, 1.82) is 0 Å². The smallest absolute Gasteiger partial charge is 0.114 e. The second-order valence-electron chi connectivity index (χ2n) is 4.90. The molecule has 1 aliphatic heterocycles. The summed E-state index contributed by atoms with van der Waals surface area (Å²) < 4.78 is 13.0. The highest BCUT2D eigenvalue weighted by atomic mass is 19.1. The summed E-state index contributed by atoms with van der Waals surface area (Å²) in [7, 11) is 0. The minimum Gasteiger partial charge on any atom is -0.296 e. The molecule has 88 valence electrons. The summed E-state index contributed by atoms with van der Waals surface area (Å²) in [4.78, 5) is 6.41. The van der Waals surface area contributed by atoms with Crippen LogP contribution in [-0.4, -0.2) is 29.1 Å². The van der Waals surface area contributed by atoms with Gasteiger partial charge in [-0.3, -0.25) is 9.88 Å². The van der Waals surface area contributed by atoms with Crippen LogP contribution in [0.25, 0.3) is 0 Å². The number of alkyl halides is 1. The van der Waals surface area contributed by atoms with Crippen LogP contribution in [0.2, 0.25) is 0 Å². The van der Waals surface area contributed by atoms with Gasteiger partial charge in [-0.25, -0.2) is 4.39 Å². The quantitative estimate of drug-likeness (QED) is 0.781. The van der Waals surface area contributed by atoms with Gasteiger partial charge in [0.25, 0.3) is 0 Å². The lowest BCUT2D eigenvalue weighted by molar-refractivity contribution is 0.282. The molecule has 1 aromatic rings. The minimum atomic E-state index is -0.638. The maximum atomic E-state index is 13.0. The van der Waals surface area contributed by atoms with Gasteiger partial charge in [-0.15, -0.1) is 0 Å². The Morgan fingerprint density at radius 2 is 2.31 bits per heavy atom. The topological polar surface area (TPSA) is 16.1 Å². The molecular formula is C13H19FN2. The van der Waals surface area contributed by atoms with Crippen LogP contribution >= 0.6 is 0 Å². The molecule has 1 saturated heterocycles. The molecule has 0 bridgehead atoms. The van der Waals surface area contributed by atoms with Crippen LogP contribution in [0.5, 0.6) is 0 Å². The van der Waals surface area contributed by atoms with Crippen molar-refractivity contribution in [1.82, 2.24) is 9.88 Å². The van der Waals surface area contributed by atoms with Crippen LogP contribution in [0.4, 0.5) is 4.39 Å². The highest BCUT2D eigenvalue weighted by Gasteiger charge is 2.21. The fourth-order valence-corrected chi connectivity index (χ4v) is 2.10. The molecular weight excluding hydrogens is 203 g/mol. The molecule has 1 aliphatic rings. The standard InChI is InChI=1S/C13H19FN2/c1-10(2)12-5-11(6-15-7-12)8-16-4-3-13(14)9-16/h5-7,10,13H,3-4,8-9H2,1-2H3/t13-/m1/s1. The largest absolute Gasteiger partial charge is 0.296 e. The third-order valence-electron chi connectivity index (χ3n) is 3.10. The van der Waals surface area contributed by atoms with Gasteiger partial charge in [0.05, 0.1) is 0 Å². The molecule has 0 aliphatic carbocycles. The van der Waals surface area contributed by atoms with Gasteiger partial charge < -0.3 is 0 Å².